The van der Waals surface area contributed by atoms with Gasteiger partial charge in [-0.25, -0.2) is 4.98 Å². The van der Waals surface area contributed by atoms with Crippen molar-refractivity contribution >= 4 is 51.0 Å². The number of nitrogens with zero attached hydrogens (tertiary/aromatic N) is 3. The second kappa shape index (κ2) is 9.84. The number of nitrogens with one attached hydrogen (secondary N) is 2. The fraction of sp³-hybridized carbons (Fsp3) is 0.286. The van der Waals surface area contributed by atoms with Crippen LogP contribution in [0.3, 0.4) is 0 Å². The highest BCUT2D eigenvalue weighted by Gasteiger charge is 2.18. The molecular formula is C21H23N5O2S2. The van der Waals surface area contributed by atoms with Crippen LogP contribution in [0.4, 0.5) is 16.5 Å². The third-order valence-corrected chi connectivity index (χ3v) is 6.52. The molecule has 0 atom stereocenters. The quantitative estimate of drug-likeness (QED) is 0.611. The van der Waals surface area contributed by atoms with E-state index in [1.165, 1.54) is 11.3 Å². The van der Waals surface area contributed by atoms with E-state index in [1.54, 1.807) is 41.7 Å². The number of amides is 2. The zero-order chi connectivity index (χ0) is 20.8. The van der Waals surface area contributed by atoms with Crippen LogP contribution in [0.25, 0.3) is 0 Å². The van der Waals surface area contributed by atoms with Crippen molar-refractivity contribution in [2.75, 3.05) is 48.3 Å². The lowest BCUT2D eigenvalue weighted by molar-refractivity contribution is -0.117. The first-order chi connectivity index (χ1) is 14.7. The van der Waals surface area contributed by atoms with E-state index in [-0.39, 0.29) is 11.8 Å². The van der Waals surface area contributed by atoms with Gasteiger partial charge in [0.2, 0.25) is 5.91 Å². The molecule has 0 aliphatic carbocycles. The van der Waals surface area contributed by atoms with Gasteiger partial charge in [0.05, 0.1) is 11.4 Å². The Balaban J connectivity index is 1.25. The maximum absolute atomic E-state index is 12.5. The molecule has 0 bridgehead atoms. The van der Waals surface area contributed by atoms with Crippen molar-refractivity contribution in [1.82, 2.24) is 9.88 Å². The molecule has 3 aromatic rings. The van der Waals surface area contributed by atoms with E-state index in [1.807, 2.05) is 23.0 Å². The zero-order valence-electron chi connectivity index (χ0n) is 16.4. The number of hydrogen-bond acceptors (Lipinski definition) is 7. The first-order valence-corrected chi connectivity index (χ1v) is 11.5. The van der Waals surface area contributed by atoms with Crippen LogP contribution in [-0.4, -0.2) is 54.4 Å². The molecule has 2 amide bonds. The lowest BCUT2D eigenvalue weighted by Crippen LogP contribution is -2.36. The number of rotatable bonds is 6. The van der Waals surface area contributed by atoms with Crippen LogP contribution in [0.5, 0.6) is 0 Å². The monoisotopic (exact) mass is 441 g/mol. The standard InChI is InChI=1S/C21H23N5O2S2/c27-19(15-25-9-2-10-26(12-11-25)21-22-8-14-30-21)23-16-4-6-17(7-5-16)24-20(28)18-3-1-13-29-18/h1,3-8,13-14H,2,9-12,15H2,(H,23,27)(H,24,28). The molecule has 0 spiro atoms. The summed E-state index contributed by atoms with van der Waals surface area (Å²) in [4.78, 5) is 34.1. The number of aromatic nitrogens is 1. The summed E-state index contributed by atoms with van der Waals surface area (Å²) >= 11 is 3.05. The Bertz CT molecular complexity index is 958. The molecule has 7 nitrogen and oxygen atoms in total. The Morgan fingerprint density at radius 1 is 0.933 bits per heavy atom. The molecule has 1 aliphatic heterocycles. The molecule has 1 fully saturated rings. The van der Waals surface area contributed by atoms with Gasteiger partial charge in [0.1, 0.15) is 0 Å². The largest absolute Gasteiger partial charge is 0.347 e. The molecule has 1 aliphatic rings. The summed E-state index contributed by atoms with van der Waals surface area (Å²) in [7, 11) is 0. The molecule has 0 unspecified atom stereocenters. The maximum Gasteiger partial charge on any atom is 0.265 e. The number of thiophene rings is 1. The van der Waals surface area contributed by atoms with Crippen LogP contribution in [-0.2, 0) is 4.79 Å². The number of hydrogen-bond donors (Lipinski definition) is 2. The molecule has 0 radical (unpaired) electrons. The lowest BCUT2D eigenvalue weighted by atomic mass is 10.2. The topological polar surface area (TPSA) is 77.6 Å². The van der Waals surface area contributed by atoms with Gasteiger partial charge in [0.15, 0.2) is 5.13 Å². The van der Waals surface area contributed by atoms with Crippen molar-refractivity contribution in [2.24, 2.45) is 0 Å². The summed E-state index contributed by atoms with van der Waals surface area (Å²) in [6, 6.07) is 10.8. The van der Waals surface area contributed by atoms with Gasteiger partial charge in [0, 0.05) is 49.1 Å². The first kappa shape index (κ1) is 20.5. The number of carbonyl (C=O) groups excluding carboxylic acids is 2. The minimum absolute atomic E-state index is 0.0342. The van der Waals surface area contributed by atoms with Crippen molar-refractivity contribution in [3.8, 4) is 0 Å². The lowest BCUT2D eigenvalue weighted by Gasteiger charge is -2.21. The second-order valence-electron chi connectivity index (χ2n) is 6.99. The Morgan fingerprint density at radius 2 is 1.73 bits per heavy atom. The molecule has 2 aromatic heterocycles. The van der Waals surface area contributed by atoms with Gasteiger partial charge >= 0.3 is 0 Å². The maximum atomic E-state index is 12.5. The van der Waals surface area contributed by atoms with E-state index in [0.717, 1.165) is 37.7 Å². The molecule has 3 heterocycles. The third-order valence-electron chi connectivity index (χ3n) is 4.82. The molecule has 2 N–H and O–H groups in total. The Hall–Kier alpha value is -2.75. The van der Waals surface area contributed by atoms with Crippen molar-refractivity contribution in [2.45, 2.75) is 6.42 Å². The van der Waals surface area contributed by atoms with Gasteiger partial charge in [-0.3, -0.25) is 14.5 Å². The summed E-state index contributed by atoms with van der Waals surface area (Å²) in [6.07, 6.45) is 2.83. The van der Waals surface area contributed by atoms with Crippen molar-refractivity contribution in [3.63, 3.8) is 0 Å². The Labute approximate surface area is 183 Å². The van der Waals surface area contributed by atoms with E-state index < -0.39 is 0 Å². The zero-order valence-corrected chi connectivity index (χ0v) is 18.0. The molecular weight excluding hydrogens is 418 g/mol. The summed E-state index contributed by atoms with van der Waals surface area (Å²) < 4.78 is 0. The van der Waals surface area contributed by atoms with Gasteiger partial charge in [-0.15, -0.1) is 22.7 Å². The van der Waals surface area contributed by atoms with E-state index in [0.29, 0.717) is 22.8 Å². The van der Waals surface area contributed by atoms with E-state index in [9.17, 15) is 9.59 Å². The average Bonchev–Trinajstić information content (AvgIpc) is 3.42. The van der Waals surface area contributed by atoms with Crippen LogP contribution in [0.1, 0.15) is 16.1 Å². The smallest absolute Gasteiger partial charge is 0.265 e. The third kappa shape index (κ3) is 5.44. The van der Waals surface area contributed by atoms with Gasteiger partial charge in [-0.05, 0) is 42.1 Å². The van der Waals surface area contributed by atoms with E-state index in [4.69, 9.17) is 0 Å². The van der Waals surface area contributed by atoms with Gasteiger partial charge in [-0.1, -0.05) is 6.07 Å². The van der Waals surface area contributed by atoms with Crippen LogP contribution in [0.2, 0.25) is 0 Å². The van der Waals surface area contributed by atoms with Crippen molar-refractivity contribution in [3.05, 3.63) is 58.2 Å². The summed E-state index contributed by atoms with van der Waals surface area (Å²) in [5, 5.41) is 10.7. The van der Waals surface area contributed by atoms with Gasteiger partial charge in [-0.2, -0.15) is 0 Å². The van der Waals surface area contributed by atoms with Crippen LogP contribution < -0.4 is 15.5 Å². The minimum Gasteiger partial charge on any atom is -0.347 e. The summed E-state index contributed by atoms with van der Waals surface area (Å²) in [5.74, 6) is -0.164. The summed E-state index contributed by atoms with van der Waals surface area (Å²) in [5.41, 5.74) is 1.41. The SMILES string of the molecule is O=C(CN1CCCN(c2nccs2)CC1)Nc1ccc(NC(=O)c2cccs2)cc1. The highest BCUT2D eigenvalue weighted by atomic mass is 32.1. The molecule has 4 rings (SSSR count). The number of benzene rings is 1. The van der Waals surface area contributed by atoms with E-state index >= 15 is 0 Å². The molecule has 1 saturated heterocycles. The molecule has 0 saturated carbocycles. The van der Waals surface area contributed by atoms with Crippen molar-refractivity contribution < 1.29 is 9.59 Å². The Kier molecular flexibility index (Phi) is 6.73. The van der Waals surface area contributed by atoms with Crippen molar-refractivity contribution in [1.29, 1.82) is 0 Å². The van der Waals surface area contributed by atoms with E-state index in [2.05, 4.69) is 25.4 Å². The van der Waals surface area contributed by atoms with Crippen LogP contribution >= 0.6 is 22.7 Å². The Morgan fingerprint density at radius 3 is 2.43 bits per heavy atom. The summed E-state index contributed by atoms with van der Waals surface area (Å²) in [6.45, 7) is 3.93. The predicted octanol–water partition coefficient (Wildman–Crippen LogP) is 3.61. The van der Waals surface area contributed by atoms with Crippen LogP contribution in [0.15, 0.2) is 53.4 Å². The van der Waals surface area contributed by atoms with Gasteiger partial charge in [0.25, 0.3) is 5.91 Å². The minimum atomic E-state index is -0.130. The molecule has 30 heavy (non-hydrogen) atoms. The fourth-order valence-corrected chi connectivity index (χ4v) is 4.65. The first-order valence-electron chi connectivity index (χ1n) is 9.79. The normalized spacial score (nSPS) is 14.9. The number of carbonyl (C=O) groups is 2. The number of thiazole rings is 1. The van der Waals surface area contributed by atoms with Gasteiger partial charge < -0.3 is 15.5 Å². The highest BCUT2D eigenvalue weighted by molar-refractivity contribution is 7.13. The fourth-order valence-electron chi connectivity index (χ4n) is 3.33. The average molecular weight is 442 g/mol. The highest BCUT2D eigenvalue weighted by Crippen LogP contribution is 2.19. The predicted molar refractivity (Wildman–Crippen MR) is 123 cm³/mol. The molecule has 9 heteroatoms. The van der Waals surface area contributed by atoms with Crippen LogP contribution in [0, 0.1) is 0 Å². The molecule has 156 valence electrons. The second-order valence-corrected chi connectivity index (χ2v) is 8.81. The number of anilines is 3. The molecule has 1 aromatic carbocycles.